The molecule has 0 aliphatic heterocycles. The number of hydrogen-bond acceptors (Lipinski definition) is 1. The molecular formula is C11H26NS+. The molecule has 0 unspecified atom stereocenters. The fraction of sp³-hybridized carbons (Fsp3) is 1.00. The van der Waals surface area contributed by atoms with Crippen LogP contribution in [0.25, 0.3) is 0 Å². The third kappa shape index (κ3) is 6.39. The van der Waals surface area contributed by atoms with E-state index >= 15 is 0 Å². The van der Waals surface area contributed by atoms with Gasteiger partial charge in [0.15, 0.2) is 0 Å². The molecule has 0 radical (unpaired) electrons. The first-order valence-corrected chi connectivity index (χ1v) is 7.58. The zero-order chi connectivity index (χ0) is 10.3. The SMILES string of the molecule is CCC(N)(CC)CCCC[S+](C)C. The van der Waals surface area contributed by atoms with Crippen molar-refractivity contribution in [3.05, 3.63) is 0 Å². The lowest BCUT2D eigenvalue weighted by molar-refractivity contribution is 0.356. The van der Waals surface area contributed by atoms with Gasteiger partial charge in [-0.1, -0.05) is 13.8 Å². The fourth-order valence-corrected chi connectivity index (χ4v) is 2.25. The first kappa shape index (κ1) is 13.3. The van der Waals surface area contributed by atoms with Crippen molar-refractivity contribution in [1.29, 1.82) is 0 Å². The van der Waals surface area contributed by atoms with E-state index in [0.29, 0.717) is 10.9 Å². The molecule has 0 amide bonds. The van der Waals surface area contributed by atoms with Crippen LogP contribution in [0.2, 0.25) is 0 Å². The summed E-state index contributed by atoms with van der Waals surface area (Å²) in [6, 6.07) is 0. The van der Waals surface area contributed by atoms with Crippen LogP contribution in [0.5, 0.6) is 0 Å². The molecule has 1 nitrogen and oxygen atoms in total. The largest absolute Gasteiger partial charge is 0.325 e. The van der Waals surface area contributed by atoms with Crippen molar-refractivity contribution in [3.8, 4) is 0 Å². The highest BCUT2D eigenvalue weighted by Gasteiger charge is 2.19. The molecule has 0 aromatic rings. The van der Waals surface area contributed by atoms with Crippen LogP contribution in [-0.2, 0) is 10.9 Å². The van der Waals surface area contributed by atoms with Crippen molar-refractivity contribution in [3.63, 3.8) is 0 Å². The minimum absolute atomic E-state index is 0.125. The Balaban J connectivity index is 3.50. The number of hydrogen-bond donors (Lipinski definition) is 1. The summed E-state index contributed by atoms with van der Waals surface area (Å²) in [4.78, 5) is 0. The van der Waals surface area contributed by atoms with Gasteiger partial charge in [-0.3, -0.25) is 0 Å². The molecule has 0 aliphatic carbocycles. The van der Waals surface area contributed by atoms with Gasteiger partial charge in [-0.2, -0.15) is 0 Å². The molecule has 0 saturated carbocycles. The van der Waals surface area contributed by atoms with Gasteiger partial charge in [0.1, 0.15) is 5.75 Å². The number of nitrogens with two attached hydrogens (primary N) is 1. The third-order valence-electron chi connectivity index (χ3n) is 2.89. The Morgan fingerprint density at radius 3 is 2.00 bits per heavy atom. The van der Waals surface area contributed by atoms with Crippen molar-refractivity contribution < 1.29 is 0 Å². The van der Waals surface area contributed by atoms with E-state index in [9.17, 15) is 0 Å². The lowest BCUT2D eigenvalue weighted by Gasteiger charge is -2.26. The lowest BCUT2D eigenvalue weighted by Crippen LogP contribution is -2.38. The summed E-state index contributed by atoms with van der Waals surface area (Å²) in [5.74, 6) is 1.38. The molecule has 13 heavy (non-hydrogen) atoms. The highest BCUT2D eigenvalue weighted by molar-refractivity contribution is 7.95. The van der Waals surface area contributed by atoms with Crippen LogP contribution in [-0.4, -0.2) is 23.8 Å². The van der Waals surface area contributed by atoms with Gasteiger partial charge < -0.3 is 5.73 Å². The molecule has 2 heteroatoms. The van der Waals surface area contributed by atoms with Crippen LogP contribution >= 0.6 is 0 Å². The molecule has 0 aromatic heterocycles. The quantitative estimate of drug-likeness (QED) is 0.500. The van der Waals surface area contributed by atoms with E-state index in [-0.39, 0.29) is 5.54 Å². The maximum atomic E-state index is 6.22. The Morgan fingerprint density at radius 2 is 1.62 bits per heavy atom. The number of unbranched alkanes of at least 4 members (excludes halogenated alkanes) is 1. The van der Waals surface area contributed by atoms with Crippen molar-refractivity contribution >= 4 is 10.9 Å². The average molecular weight is 204 g/mol. The predicted octanol–water partition coefficient (Wildman–Crippen LogP) is 2.55. The van der Waals surface area contributed by atoms with E-state index in [4.69, 9.17) is 5.73 Å². The van der Waals surface area contributed by atoms with Gasteiger partial charge in [-0.25, -0.2) is 0 Å². The Morgan fingerprint density at radius 1 is 1.08 bits per heavy atom. The van der Waals surface area contributed by atoms with Crippen LogP contribution in [0, 0.1) is 0 Å². The van der Waals surface area contributed by atoms with Crippen molar-refractivity contribution in [1.82, 2.24) is 0 Å². The van der Waals surface area contributed by atoms with Crippen LogP contribution in [0.4, 0.5) is 0 Å². The van der Waals surface area contributed by atoms with E-state index < -0.39 is 0 Å². The van der Waals surface area contributed by atoms with Gasteiger partial charge in [-0.05, 0) is 43.0 Å². The monoisotopic (exact) mass is 204 g/mol. The van der Waals surface area contributed by atoms with E-state index in [1.54, 1.807) is 0 Å². The second kappa shape index (κ2) is 6.72. The Kier molecular flexibility index (Phi) is 6.88. The second-order valence-corrected chi connectivity index (χ2v) is 6.60. The summed E-state index contributed by atoms with van der Waals surface area (Å²) in [5, 5.41) is 0. The second-order valence-electron chi connectivity index (χ2n) is 4.22. The normalized spacial score (nSPS) is 12.5. The lowest BCUT2D eigenvalue weighted by atomic mass is 9.88. The van der Waals surface area contributed by atoms with Crippen molar-refractivity contribution in [2.75, 3.05) is 18.3 Å². The summed E-state index contributed by atoms with van der Waals surface area (Å²) in [6.45, 7) is 4.40. The van der Waals surface area contributed by atoms with Crippen LogP contribution in [0.3, 0.4) is 0 Å². The summed E-state index contributed by atoms with van der Waals surface area (Å²) >= 11 is 0. The van der Waals surface area contributed by atoms with Gasteiger partial charge in [0.05, 0.1) is 12.5 Å². The summed E-state index contributed by atoms with van der Waals surface area (Å²) in [6.07, 6.45) is 10.7. The molecule has 0 saturated heterocycles. The van der Waals surface area contributed by atoms with E-state index in [2.05, 4.69) is 26.4 Å². The molecule has 80 valence electrons. The molecule has 0 aromatic carbocycles. The predicted molar refractivity (Wildman–Crippen MR) is 65.4 cm³/mol. The van der Waals surface area contributed by atoms with Crippen molar-refractivity contribution in [2.45, 2.75) is 51.5 Å². The molecule has 2 N–H and O–H groups in total. The van der Waals surface area contributed by atoms with E-state index in [1.807, 2.05) is 0 Å². The van der Waals surface area contributed by atoms with Crippen molar-refractivity contribution in [2.24, 2.45) is 5.73 Å². The summed E-state index contributed by atoms with van der Waals surface area (Å²) in [5.41, 5.74) is 6.34. The molecule has 0 rings (SSSR count). The Bertz CT molecular complexity index is 119. The highest BCUT2D eigenvalue weighted by Crippen LogP contribution is 2.19. The maximum Gasteiger partial charge on any atom is 0.107 e. The third-order valence-corrected chi connectivity index (χ3v) is 3.99. The first-order valence-electron chi connectivity index (χ1n) is 5.37. The molecule has 0 heterocycles. The van der Waals surface area contributed by atoms with Crippen LogP contribution in [0.1, 0.15) is 46.0 Å². The van der Waals surface area contributed by atoms with Gasteiger partial charge >= 0.3 is 0 Å². The Hall–Kier alpha value is 0.310. The molecule has 0 fully saturated rings. The van der Waals surface area contributed by atoms with Gasteiger partial charge in [-0.15, -0.1) is 0 Å². The highest BCUT2D eigenvalue weighted by atomic mass is 32.2. The van der Waals surface area contributed by atoms with Gasteiger partial charge in [0.2, 0.25) is 0 Å². The molecule has 0 atom stereocenters. The minimum Gasteiger partial charge on any atom is -0.325 e. The van der Waals surface area contributed by atoms with Gasteiger partial charge in [0.25, 0.3) is 0 Å². The maximum absolute atomic E-state index is 6.22. The number of rotatable bonds is 7. The molecular weight excluding hydrogens is 178 g/mol. The van der Waals surface area contributed by atoms with E-state index in [0.717, 1.165) is 12.8 Å². The smallest absolute Gasteiger partial charge is 0.107 e. The van der Waals surface area contributed by atoms with Crippen LogP contribution < -0.4 is 5.73 Å². The first-order chi connectivity index (χ1) is 6.04. The zero-order valence-corrected chi connectivity index (χ0v) is 10.5. The molecule has 0 aliphatic rings. The fourth-order valence-electron chi connectivity index (χ4n) is 1.47. The average Bonchev–Trinajstić information content (AvgIpc) is 2.12. The molecule has 0 spiro atoms. The van der Waals surface area contributed by atoms with Crippen LogP contribution in [0.15, 0.2) is 0 Å². The summed E-state index contributed by atoms with van der Waals surface area (Å²) in [7, 11) is 0.611. The molecule has 0 bridgehead atoms. The standard InChI is InChI=1S/C11H26NS/c1-5-11(12,6-2)9-7-8-10-13(3)4/h5-10,12H2,1-4H3/q+1. The minimum atomic E-state index is 0.125. The summed E-state index contributed by atoms with van der Waals surface area (Å²) < 4.78 is 0. The van der Waals surface area contributed by atoms with E-state index in [1.165, 1.54) is 25.0 Å². The van der Waals surface area contributed by atoms with Gasteiger partial charge in [0, 0.05) is 5.54 Å². The zero-order valence-electron chi connectivity index (χ0n) is 9.73. The topological polar surface area (TPSA) is 26.0 Å². The Labute approximate surface area is 86.8 Å².